The second kappa shape index (κ2) is 7.26. The lowest BCUT2D eigenvalue weighted by Gasteiger charge is -2.26. The number of carbonyl (C=O) groups excluding carboxylic acids is 1. The van der Waals surface area contributed by atoms with Crippen LogP contribution in [0.2, 0.25) is 0 Å². The second-order valence-electron chi connectivity index (χ2n) is 4.67. The third kappa shape index (κ3) is 5.55. The van der Waals surface area contributed by atoms with E-state index in [1.165, 1.54) is 25.7 Å². The summed E-state index contributed by atoms with van der Waals surface area (Å²) in [7, 11) is 0. The Balaban J connectivity index is 2.09. The number of unbranched alkanes of at least 4 members (excludes halogenated alkanes) is 1. The average Bonchev–Trinajstić information content (AvgIpc) is 2.22. The lowest BCUT2D eigenvalue weighted by atomic mass is 9.87. The molecule has 0 aliphatic heterocycles. The molecule has 1 saturated carbocycles. The molecular formula is C12H22BrNO. The van der Waals surface area contributed by atoms with Gasteiger partial charge in [-0.3, -0.25) is 4.79 Å². The number of rotatable bonds is 5. The molecule has 0 radical (unpaired) electrons. The van der Waals surface area contributed by atoms with Crippen LogP contribution < -0.4 is 5.32 Å². The van der Waals surface area contributed by atoms with Crippen molar-refractivity contribution >= 4 is 21.8 Å². The maximum Gasteiger partial charge on any atom is 0.220 e. The summed E-state index contributed by atoms with van der Waals surface area (Å²) >= 11 is 3.37. The maximum atomic E-state index is 11.5. The first kappa shape index (κ1) is 13.0. The van der Waals surface area contributed by atoms with Gasteiger partial charge in [0.05, 0.1) is 0 Å². The number of halogens is 1. The second-order valence-corrected chi connectivity index (χ2v) is 5.46. The minimum absolute atomic E-state index is 0.246. The predicted molar refractivity (Wildman–Crippen MR) is 67.2 cm³/mol. The molecule has 1 aliphatic rings. The van der Waals surface area contributed by atoms with E-state index in [-0.39, 0.29) is 5.91 Å². The predicted octanol–water partition coefficient (Wildman–Crippen LogP) is 3.25. The average molecular weight is 276 g/mol. The van der Waals surface area contributed by atoms with E-state index in [0.29, 0.717) is 12.5 Å². The molecule has 0 aromatic carbocycles. The maximum absolute atomic E-state index is 11.5. The van der Waals surface area contributed by atoms with Gasteiger partial charge in [0.25, 0.3) is 0 Å². The Morgan fingerprint density at radius 3 is 2.53 bits per heavy atom. The normalized spacial score (nSPS) is 26.3. The summed E-state index contributed by atoms with van der Waals surface area (Å²) in [5.74, 6) is 1.10. The molecule has 0 spiro atoms. The zero-order chi connectivity index (χ0) is 11.1. The summed E-state index contributed by atoms with van der Waals surface area (Å²) < 4.78 is 0. The smallest absolute Gasteiger partial charge is 0.220 e. The van der Waals surface area contributed by atoms with Crippen molar-refractivity contribution in [2.24, 2.45) is 5.92 Å². The van der Waals surface area contributed by atoms with Gasteiger partial charge < -0.3 is 5.32 Å². The SMILES string of the molecule is CC1CCC(NC(=O)CCCCBr)CC1. The van der Waals surface area contributed by atoms with E-state index in [1.807, 2.05) is 0 Å². The fourth-order valence-electron chi connectivity index (χ4n) is 2.08. The molecule has 2 nitrogen and oxygen atoms in total. The van der Waals surface area contributed by atoms with Crippen molar-refractivity contribution in [1.82, 2.24) is 5.32 Å². The van der Waals surface area contributed by atoms with Crippen LogP contribution >= 0.6 is 15.9 Å². The van der Waals surface area contributed by atoms with Crippen molar-refractivity contribution in [3.05, 3.63) is 0 Å². The molecule has 1 rings (SSSR count). The number of carbonyl (C=O) groups is 1. The first-order valence-electron chi connectivity index (χ1n) is 6.07. The van der Waals surface area contributed by atoms with Gasteiger partial charge in [0.15, 0.2) is 0 Å². The van der Waals surface area contributed by atoms with Crippen molar-refractivity contribution in [1.29, 1.82) is 0 Å². The Hall–Kier alpha value is -0.0500. The van der Waals surface area contributed by atoms with Crippen LogP contribution in [-0.2, 0) is 4.79 Å². The van der Waals surface area contributed by atoms with Crippen LogP contribution in [0.3, 0.4) is 0 Å². The third-order valence-corrected chi connectivity index (χ3v) is 3.73. The molecular weight excluding hydrogens is 254 g/mol. The van der Waals surface area contributed by atoms with Crippen molar-refractivity contribution in [2.75, 3.05) is 5.33 Å². The van der Waals surface area contributed by atoms with Crippen LogP contribution in [0, 0.1) is 5.92 Å². The first-order chi connectivity index (χ1) is 7.22. The van der Waals surface area contributed by atoms with Gasteiger partial charge in [0.1, 0.15) is 0 Å². The fourth-order valence-corrected chi connectivity index (χ4v) is 2.48. The molecule has 0 bridgehead atoms. The highest BCUT2D eigenvalue weighted by molar-refractivity contribution is 9.09. The van der Waals surface area contributed by atoms with Gasteiger partial charge in [-0.05, 0) is 44.4 Å². The van der Waals surface area contributed by atoms with Gasteiger partial charge in [-0.25, -0.2) is 0 Å². The summed E-state index contributed by atoms with van der Waals surface area (Å²) in [5, 5.41) is 4.15. The quantitative estimate of drug-likeness (QED) is 0.606. The topological polar surface area (TPSA) is 29.1 Å². The van der Waals surface area contributed by atoms with Gasteiger partial charge in [-0.2, -0.15) is 0 Å². The monoisotopic (exact) mass is 275 g/mol. The van der Waals surface area contributed by atoms with E-state index in [4.69, 9.17) is 0 Å². The summed E-state index contributed by atoms with van der Waals surface area (Å²) in [6.07, 6.45) is 7.67. The Kier molecular flexibility index (Phi) is 6.30. The highest BCUT2D eigenvalue weighted by Gasteiger charge is 2.19. The minimum Gasteiger partial charge on any atom is -0.353 e. The molecule has 1 amide bonds. The molecule has 15 heavy (non-hydrogen) atoms. The zero-order valence-electron chi connectivity index (χ0n) is 9.60. The van der Waals surface area contributed by atoms with Crippen molar-refractivity contribution in [3.63, 3.8) is 0 Å². The van der Waals surface area contributed by atoms with Gasteiger partial charge in [-0.15, -0.1) is 0 Å². The molecule has 0 aromatic heterocycles. The number of hydrogen-bond donors (Lipinski definition) is 1. The molecule has 1 N–H and O–H groups in total. The Bertz CT molecular complexity index is 188. The molecule has 1 aliphatic carbocycles. The Morgan fingerprint density at radius 1 is 1.27 bits per heavy atom. The molecule has 0 unspecified atom stereocenters. The summed E-state index contributed by atoms with van der Waals surface area (Å²) in [5.41, 5.74) is 0. The van der Waals surface area contributed by atoms with Crippen molar-refractivity contribution in [2.45, 2.75) is 57.9 Å². The zero-order valence-corrected chi connectivity index (χ0v) is 11.2. The van der Waals surface area contributed by atoms with Crippen LogP contribution in [0.1, 0.15) is 51.9 Å². The molecule has 0 heterocycles. The van der Waals surface area contributed by atoms with Crippen molar-refractivity contribution in [3.8, 4) is 0 Å². The van der Waals surface area contributed by atoms with E-state index in [9.17, 15) is 4.79 Å². The highest BCUT2D eigenvalue weighted by Crippen LogP contribution is 2.23. The summed E-state index contributed by atoms with van der Waals surface area (Å²) in [6, 6.07) is 0.456. The van der Waals surface area contributed by atoms with Crippen LogP contribution in [-0.4, -0.2) is 17.3 Å². The number of alkyl halides is 1. The summed E-state index contributed by atoms with van der Waals surface area (Å²) in [4.78, 5) is 11.5. The van der Waals surface area contributed by atoms with Gasteiger partial charge in [0, 0.05) is 17.8 Å². The third-order valence-electron chi connectivity index (χ3n) is 3.17. The molecule has 3 heteroatoms. The fraction of sp³-hybridized carbons (Fsp3) is 0.917. The standard InChI is InChI=1S/C12H22BrNO/c1-10-5-7-11(8-6-10)14-12(15)4-2-3-9-13/h10-11H,2-9H2,1H3,(H,14,15). The van der Waals surface area contributed by atoms with E-state index in [0.717, 1.165) is 24.1 Å². The Morgan fingerprint density at radius 2 is 1.93 bits per heavy atom. The number of nitrogens with one attached hydrogen (secondary N) is 1. The highest BCUT2D eigenvalue weighted by atomic mass is 79.9. The minimum atomic E-state index is 0.246. The molecule has 1 fully saturated rings. The van der Waals surface area contributed by atoms with Gasteiger partial charge in [-0.1, -0.05) is 22.9 Å². The van der Waals surface area contributed by atoms with E-state index < -0.39 is 0 Å². The molecule has 0 aromatic rings. The van der Waals surface area contributed by atoms with Crippen molar-refractivity contribution < 1.29 is 4.79 Å². The van der Waals surface area contributed by atoms with E-state index in [2.05, 4.69) is 28.2 Å². The summed E-state index contributed by atoms with van der Waals surface area (Å²) in [6.45, 7) is 2.30. The van der Waals surface area contributed by atoms with Crippen LogP contribution in [0.15, 0.2) is 0 Å². The lowest BCUT2D eigenvalue weighted by Crippen LogP contribution is -2.37. The number of amides is 1. The van der Waals surface area contributed by atoms with Gasteiger partial charge in [0.2, 0.25) is 5.91 Å². The van der Waals surface area contributed by atoms with Gasteiger partial charge >= 0.3 is 0 Å². The van der Waals surface area contributed by atoms with Crippen LogP contribution in [0.5, 0.6) is 0 Å². The molecule has 0 saturated heterocycles. The largest absolute Gasteiger partial charge is 0.353 e. The Labute approximate surface area is 101 Å². The van der Waals surface area contributed by atoms with Crippen LogP contribution in [0.25, 0.3) is 0 Å². The lowest BCUT2D eigenvalue weighted by molar-refractivity contribution is -0.122. The van der Waals surface area contributed by atoms with E-state index >= 15 is 0 Å². The van der Waals surface area contributed by atoms with E-state index in [1.54, 1.807) is 0 Å². The molecule has 0 atom stereocenters. The first-order valence-corrected chi connectivity index (χ1v) is 7.20. The van der Waals surface area contributed by atoms with Crippen LogP contribution in [0.4, 0.5) is 0 Å². The molecule has 88 valence electrons. The number of hydrogen-bond acceptors (Lipinski definition) is 1.